The van der Waals surface area contributed by atoms with Crippen molar-refractivity contribution in [3.05, 3.63) is 64.5 Å². The second-order valence-corrected chi connectivity index (χ2v) is 8.22. The number of methoxy groups -OCH3 is 2. The Morgan fingerprint density at radius 1 is 1.12 bits per heavy atom. The number of anilines is 1. The lowest BCUT2D eigenvalue weighted by Crippen LogP contribution is -2.30. The Labute approximate surface area is 190 Å². The molecule has 0 bridgehead atoms. The molecule has 0 fully saturated rings. The van der Waals surface area contributed by atoms with Gasteiger partial charge in [0.1, 0.15) is 33.5 Å². The van der Waals surface area contributed by atoms with Crippen molar-refractivity contribution in [3.8, 4) is 11.5 Å². The standard InChI is InChI=1S/C23H24N4O4S/c1-26(2)22-15(10-17-18(29-3)7-8-19(30-4)21(17)25-22)12-27(13-16-6-5-9-31-16)23(28)20-11-24-14-32-20/h5-11,14H,12-13H2,1-4H3. The van der Waals surface area contributed by atoms with Gasteiger partial charge in [0.05, 0.1) is 45.3 Å². The average molecular weight is 453 g/mol. The van der Waals surface area contributed by atoms with Gasteiger partial charge in [-0.05, 0) is 30.3 Å². The van der Waals surface area contributed by atoms with E-state index in [-0.39, 0.29) is 5.91 Å². The van der Waals surface area contributed by atoms with Crippen LogP contribution in [0.25, 0.3) is 10.9 Å². The third-order valence-corrected chi connectivity index (χ3v) is 5.81. The van der Waals surface area contributed by atoms with Crippen LogP contribution in [0.15, 0.2) is 52.7 Å². The number of benzene rings is 1. The first kappa shape index (κ1) is 21.6. The minimum absolute atomic E-state index is 0.119. The fourth-order valence-corrected chi connectivity index (χ4v) is 4.15. The van der Waals surface area contributed by atoms with Crippen molar-refractivity contribution in [2.45, 2.75) is 13.1 Å². The Balaban J connectivity index is 1.81. The van der Waals surface area contributed by atoms with Gasteiger partial charge in [0.2, 0.25) is 0 Å². The summed E-state index contributed by atoms with van der Waals surface area (Å²) in [6, 6.07) is 9.36. The largest absolute Gasteiger partial charge is 0.496 e. The summed E-state index contributed by atoms with van der Waals surface area (Å²) in [7, 11) is 7.08. The van der Waals surface area contributed by atoms with E-state index in [4.69, 9.17) is 18.9 Å². The molecule has 9 heteroatoms. The summed E-state index contributed by atoms with van der Waals surface area (Å²) >= 11 is 1.31. The van der Waals surface area contributed by atoms with E-state index >= 15 is 0 Å². The minimum Gasteiger partial charge on any atom is -0.496 e. The summed E-state index contributed by atoms with van der Waals surface area (Å²) in [5.41, 5.74) is 3.22. The molecule has 0 aliphatic rings. The molecule has 1 amide bonds. The zero-order valence-corrected chi connectivity index (χ0v) is 19.2. The van der Waals surface area contributed by atoms with E-state index in [0.29, 0.717) is 40.7 Å². The highest BCUT2D eigenvalue weighted by atomic mass is 32.1. The lowest BCUT2D eigenvalue weighted by Gasteiger charge is -2.25. The summed E-state index contributed by atoms with van der Waals surface area (Å²) in [4.78, 5) is 26.4. The quantitative estimate of drug-likeness (QED) is 0.396. The smallest absolute Gasteiger partial charge is 0.266 e. The number of thiazole rings is 1. The molecule has 0 aliphatic heterocycles. The number of aromatic nitrogens is 2. The van der Waals surface area contributed by atoms with Gasteiger partial charge < -0.3 is 23.7 Å². The zero-order chi connectivity index (χ0) is 22.7. The van der Waals surface area contributed by atoms with Gasteiger partial charge >= 0.3 is 0 Å². The zero-order valence-electron chi connectivity index (χ0n) is 18.4. The maximum absolute atomic E-state index is 13.3. The number of carbonyl (C=O) groups is 1. The van der Waals surface area contributed by atoms with Gasteiger partial charge in [-0.25, -0.2) is 4.98 Å². The normalized spacial score (nSPS) is 10.9. The van der Waals surface area contributed by atoms with Gasteiger partial charge in [-0.1, -0.05) is 0 Å². The van der Waals surface area contributed by atoms with Crippen molar-refractivity contribution in [2.75, 3.05) is 33.2 Å². The van der Waals surface area contributed by atoms with Crippen LogP contribution in [0.2, 0.25) is 0 Å². The van der Waals surface area contributed by atoms with Crippen molar-refractivity contribution in [2.24, 2.45) is 0 Å². The Kier molecular flexibility index (Phi) is 6.27. The number of ether oxygens (including phenoxy) is 2. The van der Waals surface area contributed by atoms with Crippen LogP contribution in [0.4, 0.5) is 5.82 Å². The van der Waals surface area contributed by atoms with Crippen LogP contribution >= 0.6 is 11.3 Å². The summed E-state index contributed by atoms with van der Waals surface area (Å²) < 4.78 is 16.6. The van der Waals surface area contributed by atoms with Crippen LogP contribution < -0.4 is 14.4 Å². The van der Waals surface area contributed by atoms with Gasteiger partial charge in [-0.2, -0.15) is 0 Å². The van der Waals surface area contributed by atoms with E-state index in [0.717, 1.165) is 16.8 Å². The predicted molar refractivity (Wildman–Crippen MR) is 124 cm³/mol. The molecule has 32 heavy (non-hydrogen) atoms. The molecule has 8 nitrogen and oxygen atoms in total. The van der Waals surface area contributed by atoms with Gasteiger partial charge in [0.15, 0.2) is 0 Å². The Morgan fingerprint density at radius 2 is 1.91 bits per heavy atom. The topological polar surface area (TPSA) is 80.9 Å². The molecule has 0 N–H and O–H groups in total. The first-order valence-electron chi connectivity index (χ1n) is 9.94. The molecular formula is C23H24N4O4S. The highest BCUT2D eigenvalue weighted by molar-refractivity contribution is 7.11. The first-order chi connectivity index (χ1) is 15.5. The molecule has 3 heterocycles. The molecule has 0 saturated heterocycles. The van der Waals surface area contributed by atoms with E-state index in [1.54, 1.807) is 37.1 Å². The number of amides is 1. The van der Waals surface area contributed by atoms with Crippen LogP contribution in [0.5, 0.6) is 11.5 Å². The highest BCUT2D eigenvalue weighted by Gasteiger charge is 2.23. The summed E-state index contributed by atoms with van der Waals surface area (Å²) in [5, 5.41) is 0.815. The van der Waals surface area contributed by atoms with Crippen molar-refractivity contribution >= 4 is 34.0 Å². The monoisotopic (exact) mass is 452 g/mol. The number of fused-ring (bicyclic) bond motifs is 1. The number of hydrogen-bond donors (Lipinski definition) is 0. The summed E-state index contributed by atoms with van der Waals surface area (Å²) in [6.07, 6.45) is 3.19. The molecule has 0 saturated carbocycles. The van der Waals surface area contributed by atoms with Crippen molar-refractivity contribution in [1.82, 2.24) is 14.9 Å². The number of hydrogen-bond acceptors (Lipinski definition) is 8. The Morgan fingerprint density at radius 3 is 2.53 bits per heavy atom. The Hall–Kier alpha value is -3.59. The average Bonchev–Trinajstić information content (AvgIpc) is 3.51. The van der Waals surface area contributed by atoms with E-state index in [1.165, 1.54) is 11.3 Å². The SMILES string of the molecule is COc1ccc(OC)c2nc(N(C)C)c(CN(Cc3ccco3)C(=O)c3cncs3)cc12. The minimum atomic E-state index is -0.119. The second-order valence-electron chi connectivity index (χ2n) is 7.34. The number of rotatable bonds is 8. The fourth-order valence-electron chi connectivity index (χ4n) is 3.56. The third kappa shape index (κ3) is 4.24. The van der Waals surface area contributed by atoms with Crippen molar-refractivity contribution < 1.29 is 18.7 Å². The maximum atomic E-state index is 13.3. The lowest BCUT2D eigenvalue weighted by atomic mass is 10.1. The van der Waals surface area contributed by atoms with Gasteiger partial charge in [0, 0.05) is 25.0 Å². The molecule has 0 atom stereocenters. The van der Waals surface area contributed by atoms with Crippen molar-refractivity contribution in [3.63, 3.8) is 0 Å². The molecule has 4 rings (SSSR count). The molecule has 1 aromatic carbocycles. The molecule has 0 spiro atoms. The van der Waals surface area contributed by atoms with Crippen LogP contribution in [0.1, 0.15) is 21.0 Å². The summed E-state index contributed by atoms with van der Waals surface area (Å²) in [6.45, 7) is 0.651. The third-order valence-electron chi connectivity index (χ3n) is 5.05. The van der Waals surface area contributed by atoms with Crippen molar-refractivity contribution in [1.29, 1.82) is 0 Å². The lowest BCUT2D eigenvalue weighted by molar-refractivity contribution is 0.0722. The first-order valence-corrected chi connectivity index (χ1v) is 10.8. The van der Waals surface area contributed by atoms with E-state index < -0.39 is 0 Å². The summed E-state index contributed by atoms with van der Waals surface area (Å²) in [5.74, 6) is 2.66. The molecule has 166 valence electrons. The van der Waals surface area contributed by atoms with Gasteiger partial charge in [-0.15, -0.1) is 11.3 Å². The number of pyridine rings is 1. The van der Waals surface area contributed by atoms with Crippen LogP contribution in [-0.4, -0.2) is 49.1 Å². The molecule has 0 radical (unpaired) electrons. The number of nitrogens with zero attached hydrogens (tertiary/aromatic N) is 4. The van der Waals surface area contributed by atoms with E-state index in [9.17, 15) is 4.79 Å². The van der Waals surface area contributed by atoms with Gasteiger partial charge in [0.25, 0.3) is 5.91 Å². The van der Waals surface area contributed by atoms with E-state index in [2.05, 4.69) is 4.98 Å². The maximum Gasteiger partial charge on any atom is 0.266 e. The number of furan rings is 1. The predicted octanol–water partition coefficient (Wildman–Crippen LogP) is 4.21. The van der Waals surface area contributed by atoms with Gasteiger partial charge in [-0.3, -0.25) is 9.78 Å². The molecule has 0 aliphatic carbocycles. The van der Waals surface area contributed by atoms with Crippen LogP contribution in [0.3, 0.4) is 0 Å². The highest BCUT2D eigenvalue weighted by Crippen LogP contribution is 2.35. The molecule has 4 aromatic rings. The molecule has 0 unspecified atom stereocenters. The Bertz CT molecular complexity index is 1210. The molecular weight excluding hydrogens is 428 g/mol. The number of carbonyl (C=O) groups excluding carboxylic acids is 1. The fraction of sp³-hybridized carbons (Fsp3) is 0.261. The van der Waals surface area contributed by atoms with Crippen LogP contribution in [0, 0.1) is 0 Å². The van der Waals surface area contributed by atoms with E-state index in [1.807, 2.05) is 49.3 Å². The van der Waals surface area contributed by atoms with Crippen LogP contribution in [-0.2, 0) is 13.1 Å². The molecule has 3 aromatic heterocycles. The second kappa shape index (κ2) is 9.27.